The summed E-state index contributed by atoms with van der Waals surface area (Å²) >= 11 is 0. The van der Waals surface area contributed by atoms with Crippen LogP contribution in [0.25, 0.3) is 0 Å². The van der Waals surface area contributed by atoms with Crippen LogP contribution in [0, 0.1) is 0 Å². The maximum absolute atomic E-state index is 12.8. The number of methoxy groups -OCH3 is 1. The smallest absolute Gasteiger partial charge is 0.251 e. The summed E-state index contributed by atoms with van der Waals surface area (Å²) in [5, 5.41) is 3.15. The van der Waals surface area contributed by atoms with Crippen molar-refractivity contribution in [3.63, 3.8) is 0 Å². The lowest BCUT2D eigenvalue weighted by molar-refractivity contribution is 0.0933. The first-order chi connectivity index (χ1) is 14.6. The number of hydrogen-bond acceptors (Lipinski definition) is 4. The number of nitrogens with zero attached hydrogens (tertiary/aromatic N) is 1. The Morgan fingerprint density at radius 2 is 1.53 bits per heavy atom. The molecule has 1 heterocycles. The average molecular weight is 411 g/mol. The third-order valence-corrected chi connectivity index (χ3v) is 5.53. The number of rotatable bonds is 8. The highest BCUT2D eigenvalue weighted by Crippen LogP contribution is 2.26. The minimum atomic E-state index is -0.0561. The molecule has 0 bridgehead atoms. The molecule has 1 N–H and O–H groups in total. The summed E-state index contributed by atoms with van der Waals surface area (Å²) in [6, 6.07) is 15.7. The zero-order chi connectivity index (χ0) is 21.3. The lowest BCUT2D eigenvalue weighted by atomic mass is 10.0. The van der Waals surface area contributed by atoms with Crippen LogP contribution in [0.3, 0.4) is 0 Å². The molecule has 5 heteroatoms. The highest BCUT2D eigenvalue weighted by atomic mass is 16.5. The molecule has 1 fully saturated rings. The summed E-state index contributed by atoms with van der Waals surface area (Å²) < 4.78 is 11.0. The van der Waals surface area contributed by atoms with Crippen LogP contribution in [0.1, 0.15) is 61.5 Å². The molecule has 1 aliphatic heterocycles. The minimum Gasteiger partial charge on any atom is -0.497 e. The number of benzene rings is 2. The Bertz CT molecular complexity index is 779. The largest absolute Gasteiger partial charge is 0.497 e. The second kappa shape index (κ2) is 11.0. The molecule has 0 saturated carbocycles. The summed E-state index contributed by atoms with van der Waals surface area (Å²) in [5.41, 5.74) is 1.86. The fourth-order valence-corrected chi connectivity index (χ4v) is 3.94. The Morgan fingerprint density at radius 1 is 0.933 bits per heavy atom. The Balaban J connectivity index is 1.69. The van der Waals surface area contributed by atoms with E-state index in [1.54, 1.807) is 7.11 Å². The average Bonchev–Trinajstić information content (AvgIpc) is 3.04. The molecule has 1 amide bonds. The molecular formula is C25H34N2O3. The van der Waals surface area contributed by atoms with Gasteiger partial charge in [0.05, 0.1) is 19.3 Å². The maximum atomic E-state index is 12.8. The van der Waals surface area contributed by atoms with E-state index in [1.165, 1.54) is 31.2 Å². The predicted octanol–water partition coefficient (Wildman–Crippen LogP) is 4.83. The van der Waals surface area contributed by atoms with Gasteiger partial charge in [0.2, 0.25) is 0 Å². The Kier molecular flexibility index (Phi) is 8.14. The molecule has 2 aromatic rings. The standard InChI is InChI=1S/C25H34N2O3/c1-19(2)30-23-14-10-21(11-15-23)25(28)26-18-24(27-16-6-4-5-7-17-27)20-8-12-22(29-3)13-9-20/h8-15,19,24H,4-7,16-18H2,1-3H3,(H,26,28)/t24-/m1/s1. The molecule has 3 rings (SSSR count). The highest BCUT2D eigenvalue weighted by Gasteiger charge is 2.22. The molecule has 2 aromatic carbocycles. The lowest BCUT2D eigenvalue weighted by Crippen LogP contribution is -2.38. The first-order valence-electron chi connectivity index (χ1n) is 11.0. The molecule has 0 radical (unpaired) electrons. The van der Waals surface area contributed by atoms with Gasteiger partial charge < -0.3 is 14.8 Å². The Labute approximate surface area is 180 Å². The van der Waals surface area contributed by atoms with Crippen LogP contribution >= 0.6 is 0 Å². The molecule has 0 unspecified atom stereocenters. The van der Waals surface area contributed by atoms with Crippen LogP contribution in [-0.4, -0.2) is 43.7 Å². The zero-order valence-corrected chi connectivity index (χ0v) is 18.4. The second-order valence-electron chi connectivity index (χ2n) is 8.14. The van der Waals surface area contributed by atoms with Crippen molar-refractivity contribution in [1.82, 2.24) is 10.2 Å². The minimum absolute atomic E-state index is 0.0561. The summed E-state index contributed by atoms with van der Waals surface area (Å²) in [6.45, 7) is 6.68. The molecule has 0 aliphatic carbocycles. The van der Waals surface area contributed by atoms with E-state index in [0.29, 0.717) is 12.1 Å². The molecule has 1 atom stereocenters. The van der Waals surface area contributed by atoms with Gasteiger partial charge in [0.15, 0.2) is 0 Å². The number of carbonyl (C=O) groups is 1. The predicted molar refractivity (Wildman–Crippen MR) is 120 cm³/mol. The van der Waals surface area contributed by atoms with Gasteiger partial charge in [-0.15, -0.1) is 0 Å². The van der Waals surface area contributed by atoms with Gasteiger partial charge >= 0.3 is 0 Å². The van der Waals surface area contributed by atoms with Crippen molar-refractivity contribution in [2.45, 2.75) is 51.7 Å². The summed E-state index contributed by atoms with van der Waals surface area (Å²) in [5.74, 6) is 1.57. The summed E-state index contributed by atoms with van der Waals surface area (Å²) in [4.78, 5) is 15.3. The second-order valence-corrected chi connectivity index (χ2v) is 8.14. The van der Waals surface area contributed by atoms with Crippen LogP contribution < -0.4 is 14.8 Å². The quantitative estimate of drug-likeness (QED) is 0.677. The van der Waals surface area contributed by atoms with Gasteiger partial charge in [0, 0.05) is 12.1 Å². The van der Waals surface area contributed by atoms with E-state index in [1.807, 2.05) is 50.2 Å². The first-order valence-corrected chi connectivity index (χ1v) is 11.0. The monoisotopic (exact) mass is 410 g/mol. The van der Waals surface area contributed by atoms with Crippen molar-refractivity contribution < 1.29 is 14.3 Å². The number of amides is 1. The third kappa shape index (κ3) is 6.23. The molecule has 1 saturated heterocycles. The van der Waals surface area contributed by atoms with Gasteiger partial charge in [-0.2, -0.15) is 0 Å². The fraction of sp³-hybridized carbons (Fsp3) is 0.480. The topological polar surface area (TPSA) is 50.8 Å². The number of nitrogens with one attached hydrogen (secondary N) is 1. The lowest BCUT2D eigenvalue weighted by Gasteiger charge is -2.31. The zero-order valence-electron chi connectivity index (χ0n) is 18.4. The number of carbonyl (C=O) groups excluding carboxylic acids is 1. The van der Waals surface area contributed by atoms with Crippen LogP contribution in [0.15, 0.2) is 48.5 Å². The van der Waals surface area contributed by atoms with Gasteiger partial charge in [0.1, 0.15) is 11.5 Å². The fourth-order valence-electron chi connectivity index (χ4n) is 3.94. The van der Waals surface area contributed by atoms with E-state index in [-0.39, 0.29) is 18.1 Å². The Morgan fingerprint density at radius 3 is 2.10 bits per heavy atom. The van der Waals surface area contributed by atoms with E-state index in [4.69, 9.17) is 9.47 Å². The van der Waals surface area contributed by atoms with Gasteiger partial charge in [-0.1, -0.05) is 25.0 Å². The van der Waals surface area contributed by atoms with Crippen molar-refractivity contribution in [2.24, 2.45) is 0 Å². The van der Waals surface area contributed by atoms with Crippen LogP contribution in [0.2, 0.25) is 0 Å². The summed E-state index contributed by atoms with van der Waals surface area (Å²) in [6.07, 6.45) is 5.09. The number of likely N-dealkylation sites (tertiary alicyclic amines) is 1. The van der Waals surface area contributed by atoms with Gasteiger partial charge in [-0.05, 0) is 81.7 Å². The SMILES string of the molecule is COc1ccc([C@@H](CNC(=O)c2ccc(OC(C)C)cc2)N2CCCCCC2)cc1. The maximum Gasteiger partial charge on any atom is 0.251 e. The molecule has 0 spiro atoms. The van der Waals surface area contributed by atoms with E-state index in [2.05, 4.69) is 22.3 Å². The number of ether oxygens (including phenoxy) is 2. The first kappa shape index (κ1) is 22.2. The molecule has 0 aromatic heterocycles. The van der Waals surface area contributed by atoms with E-state index < -0.39 is 0 Å². The van der Waals surface area contributed by atoms with Crippen molar-refractivity contribution in [1.29, 1.82) is 0 Å². The van der Waals surface area contributed by atoms with Gasteiger partial charge in [0.25, 0.3) is 5.91 Å². The molecule has 162 valence electrons. The molecular weight excluding hydrogens is 376 g/mol. The van der Waals surface area contributed by atoms with Crippen molar-refractivity contribution in [3.8, 4) is 11.5 Å². The molecule has 30 heavy (non-hydrogen) atoms. The van der Waals surface area contributed by atoms with Crippen molar-refractivity contribution in [3.05, 3.63) is 59.7 Å². The van der Waals surface area contributed by atoms with Gasteiger partial charge in [-0.3, -0.25) is 9.69 Å². The molecule has 1 aliphatic rings. The van der Waals surface area contributed by atoms with Gasteiger partial charge in [-0.25, -0.2) is 0 Å². The van der Waals surface area contributed by atoms with E-state index in [0.717, 1.165) is 24.6 Å². The highest BCUT2D eigenvalue weighted by molar-refractivity contribution is 5.94. The third-order valence-electron chi connectivity index (χ3n) is 5.53. The Hall–Kier alpha value is -2.53. The normalized spacial score (nSPS) is 16.0. The van der Waals surface area contributed by atoms with Crippen molar-refractivity contribution >= 4 is 5.91 Å². The van der Waals surface area contributed by atoms with E-state index >= 15 is 0 Å². The van der Waals surface area contributed by atoms with E-state index in [9.17, 15) is 4.79 Å². The van der Waals surface area contributed by atoms with Crippen LogP contribution in [0.5, 0.6) is 11.5 Å². The van der Waals surface area contributed by atoms with Crippen molar-refractivity contribution in [2.75, 3.05) is 26.7 Å². The summed E-state index contributed by atoms with van der Waals surface area (Å²) in [7, 11) is 1.68. The molecule has 5 nitrogen and oxygen atoms in total. The van der Waals surface area contributed by atoms with Crippen LogP contribution in [-0.2, 0) is 0 Å². The number of hydrogen-bond donors (Lipinski definition) is 1. The van der Waals surface area contributed by atoms with Crippen LogP contribution in [0.4, 0.5) is 0 Å².